The van der Waals surface area contributed by atoms with E-state index in [1.54, 1.807) is 10.7 Å². The zero-order valence-electron chi connectivity index (χ0n) is 13.1. The zero-order valence-corrected chi connectivity index (χ0v) is 13.1. The molecule has 116 valence electrons. The summed E-state index contributed by atoms with van der Waals surface area (Å²) in [5, 5.41) is 7.21. The molecular weight excluding hydrogens is 286 g/mol. The third kappa shape index (κ3) is 3.66. The summed E-state index contributed by atoms with van der Waals surface area (Å²) in [6.45, 7) is 2.74. The molecule has 1 amide bonds. The molecule has 3 aromatic rings. The number of benzene rings is 2. The first-order valence-electron chi connectivity index (χ1n) is 7.73. The normalized spacial score (nSPS) is 10.5. The maximum atomic E-state index is 12.4. The third-order valence-electron chi connectivity index (χ3n) is 3.70. The van der Waals surface area contributed by atoms with Crippen molar-refractivity contribution in [2.45, 2.75) is 19.9 Å². The molecule has 0 aliphatic rings. The number of rotatable bonds is 5. The fourth-order valence-corrected chi connectivity index (χ4v) is 2.46. The lowest BCUT2D eigenvalue weighted by Crippen LogP contribution is -2.14. The number of carbonyl (C=O) groups excluding carboxylic acids is 1. The van der Waals surface area contributed by atoms with Crippen molar-refractivity contribution in [3.63, 3.8) is 0 Å². The number of amides is 1. The van der Waals surface area contributed by atoms with Gasteiger partial charge in [0.1, 0.15) is 0 Å². The Hall–Kier alpha value is -2.88. The van der Waals surface area contributed by atoms with E-state index in [1.165, 1.54) is 5.56 Å². The van der Waals surface area contributed by atoms with Crippen LogP contribution in [0.15, 0.2) is 66.9 Å². The van der Waals surface area contributed by atoms with E-state index >= 15 is 0 Å². The van der Waals surface area contributed by atoms with Gasteiger partial charge in [0.15, 0.2) is 5.69 Å². The van der Waals surface area contributed by atoms with Gasteiger partial charge in [-0.15, -0.1) is 0 Å². The fourth-order valence-electron chi connectivity index (χ4n) is 2.46. The highest BCUT2D eigenvalue weighted by molar-refractivity contribution is 6.03. The van der Waals surface area contributed by atoms with Gasteiger partial charge in [0.25, 0.3) is 5.91 Å². The van der Waals surface area contributed by atoms with Crippen molar-refractivity contribution < 1.29 is 4.79 Å². The lowest BCUT2D eigenvalue weighted by molar-refractivity contribution is 0.102. The zero-order chi connectivity index (χ0) is 16.1. The predicted octanol–water partition coefficient (Wildman–Crippen LogP) is 3.75. The van der Waals surface area contributed by atoms with Gasteiger partial charge >= 0.3 is 0 Å². The molecule has 0 bridgehead atoms. The number of nitrogens with zero attached hydrogens (tertiary/aromatic N) is 2. The van der Waals surface area contributed by atoms with Gasteiger partial charge in [0, 0.05) is 18.4 Å². The Bertz CT molecular complexity index is 793. The second-order valence-electron chi connectivity index (χ2n) is 5.33. The van der Waals surface area contributed by atoms with Crippen LogP contribution in [0.5, 0.6) is 0 Å². The molecule has 0 saturated heterocycles. The highest BCUT2D eigenvalue weighted by atomic mass is 16.1. The number of nitrogens with one attached hydrogen (secondary N) is 1. The minimum atomic E-state index is -0.183. The van der Waals surface area contributed by atoms with E-state index < -0.39 is 0 Å². The van der Waals surface area contributed by atoms with Crippen LogP contribution >= 0.6 is 0 Å². The molecule has 1 aromatic heterocycles. The van der Waals surface area contributed by atoms with Crippen molar-refractivity contribution in [2.75, 3.05) is 5.32 Å². The van der Waals surface area contributed by atoms with Gasteiger partial charge < -0.3 is 5.32 Å². The number of carbonyl (C=O) groups is 1. The Morgan fingerprint density at radius 1 is 1.04 bits per heavy atom. The van der Waals surface area contributed by atoms with E-state index in [9.17, 15) is 4.79 Å². The first kappa shape index (κ1) is 15.0. The van der Waals surface area contributed by atoms with E-state index in [-0.39, 0.29) is 5.91 Å². The SMILES string of the molecule is CCn1ccc(C(=O)Nc2ccccc2Cc2ccccc2)n1. The van der Waals surface area contributed by atoms with Crippen LogP contribution in [0.25, 0.3) is 0 Å². The number of hydrogen-bond acceptors (Lipinski definition) is 2. The lowest BCUT2D eigenvalue weighted by Gasteiger charge is -2.10. The molecule has 0 fully saturated rings. The summed E-state index contributed by atoms with van der Waals surface area (Å²) < 4.78 is 1.74. The van der Waals surface area contributed by atoms with E-state index in [2.05, 4.69) is 22.5 Å². The molecule has 0 aliphatic heterocycles. The third-order valence-corrected chi connectivity index (χ3v) is 3.70. The molecule has 0 unspecified atom stereocenters. The minimum Gasteiger partial charge on any atom is -0.320 e. The fraction of sp³-hybridized carbons (Fsp3) is 0.158. The van der Waals surface area contributed by atoms with Gasteiger partial charge in [-0.05, 0) is 36.6 Å². The summed E-state index contributed by atoms with van der Waals surface area (Å²) >= 11 is 0. The number of anilines is 1. The molecule has 4 nitrogen and oxygen atoms in total. The molecule has 4 heteroatoms. The molecule has 3 rings (SSSR count). The van der Waals surface area contributed by atoms with Gasteiger partial charge in [-0.25, -0.2) is 0 Å². The Balaban J connectivity index is 1.79. The quantitative estimate of drug-likeness (QED) is 0.780. The summed E-state index contributed by atoms with van der Waals surface area (Å²) in [4.78, 5) is 12.4. The molecule has 0 aliphatic carbocycles. The van der Waals surface area contributed by atoms with Crippen molar-refractivity contribution in [3.05, 3.63) is 83.7 Å². The van der Waals surface area contributed by atoms with E-state index in [4.69, 9.17) is 0 Å². The average molecular weight is 305 g/mol. The van der Waals surface area contributed by atoms with E-state index in [0.717, 1.165) is 24.2 Å². The Labute approximate surface area is 135 Å². The lowest BCUT2D eigenvalue weighted by atomic mass is 10.0. The van der Waals surface area contributed by atoms with Crippen molar-refractivity contribution in [1.29, 1.82) is 0 Å². The van der Waals surface area contributed by atoms with Crippen LogP contribution in [0.1, 0.15) is 28.5 Å². The molecule has 23 heavy (non-hydrogen) atoms. The maximum absolute atomic E-state index is 12.4. The predicted molar refractivity (Wildman–Crippen MR) is 91.5 cm³/mol. The van der Waals surface area contributed by atoms with E-state index in [1.807, 2.05) is 55.6 Å². The number of aromatic nitrogens is 2. The molecule has 0 spiro atoms. The van der Waals surface area contributed by atoms with Gasteiger partial charge in [-0.1, -0.05) is 48.5 Å². The molecule has 0 radical (unpaired) electrons. The van der Waals surface area contributed by atoms with Crippen molar-refractivity contribution >= 4 is 11.6 Å². The summed E-state index contributed by atoms with van der Waals surface area (Å²) in [7, 11) is 0. The van der Waals surface area contributed by atoms with Crippen LogP contribution < -0.4 is 5.32 Å². The topological polar surface area (TPSA) is 46.9 Å². The number of aryl methyl sites for hydroxylation is 1. The van der Waals surface area contributed by atoms with Crippen LogP contribution in [0.3, 0.4) is 0 Å². The van der Waals surface area contributed by atoms with Crippen LogP contribution in [0.4, 0.5) is 5.69 Å². The minimum absolute atomic E-state index is 0.183. The Morgan fingerprint density at radius 2 is 1.78 bits per heavy atom. The number of para-hydroxylation sites is 1. The second kappa shape index (κ2) is 6.92. The maximum Gasteiger partial charge on any atom is 0.276 e. The van der Waals surface area contributed by atoms with Crippen LogP contribution in [-0.2, 0) is 13.0 Å². The van der Waals surface area contributed by atoms with Crippen LogP contribution in [-0.4, -0.2) is 15.7 Å². The first-order valence-corrected chi connectivity index (χ1v) is 7.73. The van der Waals surface area contributed by atoms with Crippen molar-refractivity contribution in [3.8, 4) is 0 Å². The van der Waals surface area contributed by atoms with Crippen molar-refractivity contribution in [2.24, 2.45) is 0 Å². The largest absolute Gasteiger partial charge is 0.320 e. The van der Waals surface area contributed by atoms with Crippen molar-refractivity contribution in [1.82, 2.24) is 9.78 Å². The average Bonchev–Trinajstić information content (AvgIpc) is 3.07. The second-order valence-corrected chi connectivity index (χ2v) is 5.33. The van der Waals surface area contributed by atoms with Gasteiger partial charge in [-0.3, -0.25) is 9.48 Å². The Morgan fingerprint density at radius 3 is 2.52 bits per heavy atom. The smallest absolute Gasteiger partial charge is 0.276 e. The molecule has 1 heterocycles. The highest BCUT2D eigenvalue weighted by Gasteiger charge is 2.11. The summed E-state index contributed by atoms with van der Waals surface area (Å²) in [5.41, 5.74) is 3.56. The van der Waals surface area contributed by atoms with Gasteiger partial charge in [-0.2, -0.15) is 5.10 Å². The summed E-state index contributed by atoms with van der Waals surface area (Å²) in [5.74, 6) is -0.183. The molecule has 1 N–H and O–H groups in total. The molecule has 0 saturated carbocycles. The molecular formula is C19H19N3O. The van der Waals surface area contributed by atoms with Crippen LogP contribution in [0.2, 0.25) is 0 Å². The van der Waals surface area contributed by atoms with Gasteiger partial charge in [0.2, 0.25) is 0 Å². The number of hydrogen-bond donors (Lipinski definition) is 1. The molecule has 2 aromatic carbocycles. The standard InChI is InChI=1S/C19H19N3O/c1-2-22-13-12-18(21-22)19(23)20-17-11-7-6-10-16(17)14-15-8-4-3-5-9-15/h3-13H,2,14H2,1H3,(H,20,23). The summed E-state index contributed by atoms with van der Waals surface area (Å²) in [6.07, 6.45) is 2.59. The van der Waals surface area contributed by atoms with Crippen LogP contribution in [0, 0.1) is 0 Å². The van der Waals surface area contributed by atoms with Gasteiger partial charge in [0.05, 0.1) is 0 Å². The first-order chi connectivity index (χ1) is 11.3. The summed E-state index contributed by atoms with van der Waals surface area (Å²) in [6, 6.07) is 19.8. The highest BCUT2D eigenvalue weighted by Crippen LogP contribution is 2.19. The Kier molecular flexibility index (Phi) is 4.52. The monoisotopic (exact) mass is 305 g/mol. The van der Waals surface area contributed by atoms with E-state index in [0.29, 0.717) is 5.69 Å². The molecule has 0 atom stereocenters.